The van der Waals surface area contributed by atoms with Crippen molar-refractivity contribution >= 4 is 5.78 Å². The second kappa shape index (κ2) is 5.33. The fourth-order valence-corrected chi connectivity index (χ4v) is 2.88. The van der Waals surface area contributed by atoms with Gasteiger partial charge < -0.3 is 10.1 Å². The lowest BCUT2D eigenvalue weighted by molar-refractivity contribution is 0.0724. The quantitative estimate of drug-likeness (QED) is 0.824. The van der Waals surface area contributed by atoms with Crippen LogP contribution >= 0.6 is 0 Å². The Hall–Kier alpha value is -1.36. The summed E-state index contributed by atoms with van der Waals surface area (Å²) < 4.78 is 7.05. The molecule has 2 heterocycles. The number of rotatable bonds is 5. The molecule has 2 rings (SSSR count). The predicted molar refractivity (Wildman–Crippen MR) is 73.5 cm³/mol. The summed E-state index contributed by atoms with van der Waals surface area (Å²) in [5.74, 6) is 1.03. The molecular weight excluding hydrogens is 242 g/mol. The molecule has 1 aromatic rings. The molecule has 1 saturated heterocycles. The van der Waals surface area contributed by atoms with Gasteiger partial charge in [-0.1, -0.05) is 13.8 Å². The third kappa shape index (κ3) is 2.16. The molecule has 1 unspecified atom stereocenters. The summed E-state index contributed by atoms with van der Waals surface area (Å²) in [6, 6.07) is 0. The fourth-order valence-electron chi connectivity index (χ4n) is 2.88. The Kier molecular flexibility index (Phi) is 3.94. The third-order valence-corrected chi connectivity index (χ3v) is 4.29. The molecule has 1 aromatic heterocycles. The van der Waals surface area contributed by atoms with Crippen LogP contribution in [0, 0.1) is 11.3 Å². The van der Waals surface area contributed by atoms with E-state index in [9.17, 15) is 4.79 Å². The van der Waals surface area contributed by atoms with Crippen LogP contribution in [-0.2, 0) is 6.54 Å². The Balaban J connectivity index is 2.45. The van der Waals surface area contributed by atoms with Crippen LogP contribution in [0.4, 0.5) is 0 Å². The van der Waals surface area contributed by atoms with Gasteiger partial charge in [-0.15, -0.1) is 0 Å². The van der Waals surface area contributed by atoms with Gasteiger partial charge >= 0.3 is 0 Å². The number of ether oxygens (including phenoxy) is 1. The average Bonchev–Trinajstić information content (AvgIpc) is 3.04. The van der Waals surface area contributed by atoms with E-state index in [1.165, 1.54) is 0 Å². The normalized spacial score (nSPS) is 23.0. The first kappa shape index (κ1) is 14.1. The van der Waals surface area contributed by atoms with Gasteiger partial charge in [0.05, 0.1) is 18.7 Å². The van der Waals surface area contributed by atoms with Crippen LogP contribution in [0.1, 0.15) is 37.7 Å². The van der Waals surface area contributed by atoms with Crippen LogP contribution < -0.4 is 10.1 Å². The van der Waals surface area contributed by atoms with Crippen molar-refractivity contribution in [3.63, 3.8) is 0 Å². The minimum atomic E-state index is -0.333. The maximum atomic E-state index is 13.1. The van der Waals surface area contributed by atoms with E-state index in [2.05, 4.69) is 24.3 Å². The fraction of sp³-hybridized carbons (Fsp3) is 0.714. The number of aromatic nitrogens is 2. The summed E-state index contributed by atoms with van der Waals surface area (Å²) in [6.07, 6.45) is 2.51. The number of nitrogens with zero attached hydrogens (tertiary/aromatic N) is 2. The molecule has 1 atom stereocenters. The molecule has 5 nitrogen and oxygen atoms in total. The van der Waals surface area contributed by atoms with E-state index in [0.29, 0.717) is 23.9 Å². The highest BCUT2D eigenvalue weighted by atomic mass is 16.5. The van der Waals surface area contributed by atoms with Gasteiger partial charge in [0, 0.05) is 13.1 Å². The van der Waals surface area contributed by atoms with E-state index in [-0.39, 0.29) is 11.2 Å². The third-order valence-electron chi connectivity index (χ3n) is 4.29. The van der Waals surface area contributed by atoms with Crippen LogP contribution in [0.5, 0.6) is 5.75 Å². The van der Waals surface area contributed by atoms with Crippen molar-refractivity contribution in [2.75, 3.05) is 20.2 Å². The van der Waals surface area contributed by atoms with Gasteiger partial charge in [-0.05, 0) is 25.8 Å². The van der Waals surface area contributed by atoms with E-state index in [4.69, 9.17) is 4.74 Å². The van der Waals surface area contributed by atoms with Gasteiger partial charge in [-0.25, -0.2) is 0 Å². The first-order chi connectivity index (χ1) is 9.06. The molecule has 0 amide bonds. The molecule has 1 N–H and O–H groups in total. The van der Waals surface area contributed by atoms with Crippen LogP contribution in [0.3, 0.4) is 0 Å². The molecular formula is C14H23N3O2. The molecule has 0 aromatic carbocycles. The molecule has 0 bridgehead atoms. The minimum Gasteiger partial charge on any atom is -0.493 e. The van der Waals surface area contributed by atoms with Crippen LogP contribution in [-0.4, -0.2) is 35.8 Å². The molecule has 0 saturated carbocycles. The second-order valence-electron chi connectivity index (χ2n) is 5.44. The number of methoxy groups -OCH3 is 1. The van der Waals surface area contributed by atoms with E-state index in [1.54, 1.807) is 18.0 Å². The summed E-state index contributed by atoms with van der Waals surface area (Å²) in [7, 11) is 1.59. The Morgan fingerprint density at radius 3 is 2.84 bits per heavy atom. The van der Waals surface area contributed by atoms with E-state index in [0.717, 1.165) is 19.5 Å². The largest absolute Gasteiger partial charge is 0.493 e. The summed E-state index contributed by atoms with van der Waals surface area (Å²) in [5, 5.41) is 7.56. The number of nitrogens with one attached hydrogen (secondary N) is 1. The highest BCUT2D eigenvalue weighted by Crippen LogP contribution is 2.39. The number of carbonyl (C=O) groups is 1. The van der Waals surface area contributed by atoms with E-state index >= 15 is 0 Å². The van der Waals surface area contributed by atoms with Crippen molar-refractivity contribution in [3.05, 3.63) is 11.9 Å². The van der Waals surface area contributed by atoms with Crippen molar-refractivity contribution < 1.29 is 9.53 Å². The van der Waals surface area contributed by atoms with Crippen molar-refractivity contribution in [1.82, 2.24) is 15.1 Å². The van der Waals surface area contributed by atoms with Gasteiger partial charge in [-0.2, -0.15) is 5.10 Å². The zero-order valence-corrected chi connectivity index (χ0v) is 12.2. The predicted octanol–water partition coefficient (Wildman–Crippen LogP) is 1.73. The molecule has 106 valence electrons. The van der Waals surface area contributed by atoms with Crippen LogP contribution in [0.25, 0.3) is 0 Å². The summed E-state index contributed by atoms with van der Waals surface area (Å²) in [5.41, 5.74) is 0.280. The van der Waals surface area contributed by atoms with Gasteiger partial charge in [0.2, 0.25) is 0 Å². The lowest BCUT2D eigenvalue weighted by Crippen LogP contribution is -2.39. The molecule has 1 aliphatic rings. The molecule has 0 spiro atoms. The Morgan fingerprint density at radius 1 is 1.63 bits per heavy atom. The standard InChI is InChI=1S/C14H23N3O2/c1-5-17-12(11(19-4)8-16-17)13(18)14(10(2)3)6-7-15-9-14/h8,10,15H,5-7,9H2,1-4H3. The molecule has 0 radical (unpaired) electrons. The first-order valence-corrected chi connectivity index (χ1v) is 6.92. The monoisotopic (exact) mass is 265 g/mol. The zero-order valence-electron chi connectivity index (χ0n) is 12.2. The summed E-state index contributed by atoms with van der Waals surface area (Å²) in [4.78, 5) is 13.1. The summed E-state index contributed by atoms with van der Waals surface area (Å²) in [6.45, 7) is 8.52. The van der Waals surface area contributed by atoms with Crippen molar-refractivity contribution in [3.8, 4) is 5.75 Å². The molecule has 1 fully saturated rings. The maximum absolute atomic E-state index is 13.1. The average molecular weight is 265 g/mol. The molecule has 5 heteroatoms. The van der Waals surface area contributed by atoms with E-state index in [1.807, 2.05) is 6.92 Å². The molecule has 1 aliphatic heterocycles. The first-order valence-electron chi connectivity index (χ1n) is 6.92. The van der Waals surface area contributed by atoms with Gasteiger partial charge in [-0.3, -0.25) is 9.48 Å². The number of hydrogen-bond donors (Lipinski definition) is 1. The van der Waals surface area contributed by atoms with Gasteiger partial charge in [0.15, 0.2) is 11.5 Å². The van der Waals surface area contributed by atoms with Crippen LogP contribution in [0.15, 0.2) is 6.20 Å². The Labute approximate surface area is 114 Å². The number of Topliss-reactive ketones (excluding diaryl/α,β-unsaturated/α-hetero) is 1. The number of aryl methyl sites for hydroxylation is 1. The maximum Gasteiger partial charge on any atom is 0.192 e. The Bertz CT molecular complexity index is 438. The van der Waals surface area contributed by atoms with Crippen molar-refractivity contribution in [2.24, 2.45) is 11.3 Å². The number of carbonyl (C=O) groups excluding carboxylic acids is 1. The van der Waals surface area contributed by atoms with Gasteiger partial charge in [0.25, 0.3) is 0 Å². The smallest absolute Gasteiger partial charge is 0.192 e. The minimum absolute atomic E-state index is 0.156. The SMILES string of the molecule is CCn1ncc(OC)c1C(=O)C1(C(C)C)CCNC1. The highest BCUT2D eigenvalue weighted by molar-refractivity contribution is 6.02. The Morgan fingerprint density at radius 2 is 2.37 bits per heavy atom. The summed E-state index contributed by atoms with van der Waals surface area (Å²) >= 11 is 0. The molecule has 19 heavy (non-hydrogen) atoms. The molecule has 0 aliphatic carbocycles. The topological polar surface area (TPSA) is 56.2 Å². The van der Waals surface area contributed by atoms with E-state index < -0.39 is 0 Å². The lowest BCUT2D eigenvalue weighted by atomic mass is 9.72. The van der Waals surface area contributed by atoms with Crippen molar-refractivity contribution in [2.45, 2.75) is 33.7 Å². The van der Waals surface area contributed by atoms with Crippen LogP contribution in [0.2, 0.25) is 0 Å². The highest BCUT2D eigenvalue weighted by Gasteiger charge is 2.46. The lowest BCUT2D eigenvalue weighted by Gasteiger charge is -2.31. The number of ketones is 1. The zero-order chi connectivity index (χ0) is 14.0. The second-order valence-corrected chi connectivity index (χ2v) is 5.44. The van der Waals surface area contributed by atoms with Gasteiger partial charge in [0.1, 0.15) is 5.69 Å². The number of hydrogen-bond acceptors (Lipinski definition) is 4. The van der Waals surface area contributed by atoms with Crippen molar-refractivity contribution in [1.29, 1.82) is 0 Å².